The van der Waals surface area contributed by atoms with E-state index in [1.165, 1.54) is 10.9 Å². The van der Waals surface area contributed by atoms with E-state index in [-0.39, 0.29) is 18.7 Å². The van der Waals surface area contributed by atoms with Crippen LogP contribution in [0.5, 0.6) is 0 Å². The van der Waals surface area contributed by atoms with Crippen molar-refractivity contribution in [2.24, 2.45) is 5.92 Å². The van der Waals surface area contributed by atoms with Gasteiger partial charge in [-0.2, -0.15) is 5.10 Å². The number of piperazine rings is 1. The second kappa shape index (κ2) is 10.6. The van der Waals surface area contributed by atoms with Crippen molar-refractivity contribution in [1.82, 2.24) is 29.5 Å². The Kier molecular flexibility index (Phi) is 7.29. The van der Waals surface area contributed by atoms with Crippen LogP contribution in [0.1, 0.15) is 65.0 Å². The first kappa shape index (κ1) is 27.6. The van der Waals surface area contributed by atoms with Gasteiger partial charge in [-0.1, -0.05) is 6.07 Å². The number of ether oxygens (including phenoxy) is 1. The van der Waals surface area contributed by atoms with E-state index in [9.17, 15) is 18.8 Å². The Bertz CT molecular complexity index is 1360. The van der Waals surface area contributed by atoms with E-state index in [0.29, 0.717) is 55.6 Å². The highest BCUT2D eigenvalue weighted by Crippen LogP contribution is 2.47. The quantitative estimate of drug-likeness (QED) is 0.520. The molecule has 0 bridgehead atoms. The summed E-state index contributed by atoms with van der Waals surface area (Å²) in [6.07, 6.45) is 6.72. The minimum atomic E-state index is -0.790. The van der Waals surface area contributed by atoms with Crippen molar-refractivity contribution in [2.75, 3.05) is 26.2 Å². The fourth-order valence-electron chi connectivity index (χ4n) is 5.67. The highest BCUT2D eigenvalue weighted by Gasteiger charge is 2.53. The summed E-state index contributed by atoms with van der Waals surface area (Å²) in [5.41, 5.74) is 0.382. The van der Waals surface area contributed by atoms with E-state index in [1.54, 1.807) is 17.2 Å². The van der Waals surface area contributed by atoms with Gasteiger partial charge in [-0.25, -0.2) is 28.4 Å². The summed E-state index contributed by atoms with van der Waals surface area (Å²) in [5, 5.41) is 3.95. The Balaban J connectivity index is 1.44. The molecule has 1 aliphatic carbocycles. The number of carbonyl (C=O) groups excluding carboxylic acids is 3. The maximum absolute atomic E-state index is 13.4. The third kappa shape index (κ3) is 5.40. The largest absolute Gasteiger partial charge is 0.444 e. The van der Waals surface area contributed by atoms with E-state index >= 15 is 0 Å². The Morgan fingerprint density at radius 2 is 1.90 bits per heavy atom. The molecule has 1 saturated carbocycles. The Morgan fingerprint density at radius 3 is 2.42 bits per heavy atom. The van der Waals surface area contributed by atoms with Gasteiger partial charge in [-0.05, 0) is 70.9 Å². The number of carbonyl (C=O) groups is 1. The minimum absolute atomic E-state index is 0.214. The normalized spacial score (nSPS) is 19.9. The van der Waals surface area contributed by atoms with Crippen LogP contribution in [0.2, 0.25) is 0 Å². The molecule has 3 fully saturated rings. The van der Waals surface area contributed by atoms with Gasteiger partial charge < -0.3 is 19.4 Å². The Labute approximate surface area is 233 Å². The van der Waals surface area contributed by atoms with Crippen molar-refractivity contribution in [3.05, 3.63) is 53.5 Å². The Hall–Kier alpha value is -3.94. The molecule has 40 heavy (non-hydrogen) atoms. The number of piperidine rings is 1. The van der Waals surface area contributed by atoms with Crippen molar-refractivity contribution in [1.29, 1.82) is 0 Å². The van der Waals surface area contributed by atoms with Gasteiger partial charge in [-0.15, -0.1) is 0 Å². The van der Waals surface area contributed by atoms with Crippen molar-refractivity contribution in [3.63, 3.8) is 0 Å². The number of pyridine rings is 1. The predicted molar refractivity (Wildman–Crippen MR) is 144 cm³/mol. The lowest BCUT2D eigenvalue weighted by Crippen LogP contribution is -2.64. The van der Waals surface area contributed by atoms with Gasteiger partial charge in [0.2, 0.25) is 0 Å². The number of amides is 1. The van der Waals surface area contributed by atoms with E-state index < -0.39 is 17.0 Å². The van der Waals surface area contributed by atoms with Crippen LogP contribution in [0, 0.1) is 11.7 Å². The molecule has 0 aromatic carbocycles. The number of aromatic nitrogens is 3. The summed E-state index contributed by atoms with van der Waals surface area (Å²) in [6.45, 7) is 9.08. The van der Waals surface area contributed by atoms with Crippen LogP contribution in [0.25, 0.3) is 5.82 Å². The first-order chi connectivity index (χ1) is 19.0. The van der Waals surface area contributed by atoms with Gasteiger partial charge in [0.25, 0.3) is 0 Å². The molecule has 1 unspecified atom stereocenters. The molecular formula is C29H35FN6O4. The topological polar surface area (TPSA) is 101 Å². The van der Waals surface area contributed by atoms with Crippen LogP contribution in [0.3, 0.4) is 0 Å². The molecule has 2 aromatic heterocycles. The fourth-order valence-corrected chi connectivity index (χ4v) is 5.67. The van der Waals surface area contributed by atoms with Gasteiger partial charge in [0.1, 0.15) is 28.9 Å². The molecule has 1 spiro atoms. The highest BCUT2D eigenvalue weighted by molar-refractivity contribution is 5.69. The fraction of sp³-hybridized carbons (Fsp3) is 0.552. The lowest BCUT2D eigenvalue weighted by Gasteiger charge is -2.56. The van der Waals surface area contributed by atoms with Crippen LogP contribution in [-0.4, -0.2) is 84.8 Å². The maximum atomic E-state index is 13.4. The van der Waals surface area contributed by atoms with Gasteiger partial charge in [-0.3, -0.25) is 0 Å². The van der Waals surface area contributed by atoms with Crippen molar-refractivity contribution in [3.8, 4) is 5.82 Å². The number of hydrogen-bond donors (Lipinski definition) is 0. The van der Waals surface area contributed by atoms with Crippen LogP contribution < -0.4 is 0 Å². The van der Waals surface area contributed by atoms with Crippen LogP contribution >= 0.6 is 0 Å². The zero-order chi connectivity index (χ0) is 28.7. The van der Waals surface area contributed by atoms with Crippen molar-refractivity contribution < 1.29 is 23.5 Å². The molecule has 2 aliphatic heterocycles. The first-order valence-electron chi connectivity index (χ1n) is 13.7. The number of rotatable bonds is 5. The average molecular weight is 551 g/mol. The molecule has 0 radical (unpaired) electrons. The second-order valence-corrected chi connectivity index (χ2v) is 11.9. The summed E-state index contributed by atoms with van der Waals surface area (Å²) >= 11 is 0. The number of nitrogens with zero attached hydrogens (tertiary/aromatic N) is 6. The van der Waals surface area contributed by atoms with E-state index in [0.717, 1.165) is 24.6 Å². The summed E-state index contributed by atoms with van der Waals surface area (Å²) in [4.78, 5) is 48.0. The van der Waals surface area contributed by atoms with Crippen molar-refractivity contribution >= 4 is 18.0 Å². The summed E-state index contributed by atoms with van der Waals surface area (Å²) in [7, 11) is 0. The number of hydrogen-bond acceptors (Lipinski definition) is 8. The van der Waals surface area contributed by atoms with Gasteiger partial charge in [0, 0.05) is 25.8 Å². The van der Waals surface area contributed by atoms with Crippen LogP contribution in [0.15, 0.2) is 42.1 Å². The monoisotopic (exact) mass is 550 g/mol. The molecule has 5 rings (SSSR count). The third-order valence-corrected chi connectivity index (χ3v) is 7.99. The molecular weight excluding hydrogens is 515 g/mol. The molecule has 10 nitrogen and oxygen atoms in total. The molecule has 1 atom stereocenters. The smallest absolute Gasteiger partial charge is 0.410 e. The summed E-state index contributed by atoms with van der Waals surface area (Å²) < 4.78 is 20.4. The molecule has 212 valence electrons. The van der Waals surface area contributed by atoms with E-state index in [1.807, 2.05) is 38.7 Å². The molecule has 11 heteroatoms. The molecule has 3 aliphatic rings. The van der Waals surface area contributed by atoms with E-state index in [2.05, 4.69) is 26.9 Å². The molecule has 2 saturated heterocycles. The van der Waals surface area contributed by atoms with Gasteiger partial charge in [0.15, 0.2) is 11.6 Å². The molecule has 4 heterocycles. The standard InChI is InChI=1S/C29H35FN6O4/c1-20(22-7-8-26(31-13-22)36-16-23(30)14-32-36)34-17-24(18-37)35(15-21-5-6-21)29(25(34)19-38)9-11-33(12-10-29)27(39)40-28(2,3)4/h7-8,13-14,16,20-21H,5-6,9-12,15,17H2,1-4H3. The SMILES string of the molecule is CC(c1ccc(-n2cc(F)cn2)nc1)N1CC(=C=O)N(CC2CC2)C2(CCN(C(=O)OC(C)(C)C)CC2)C1=C=O. The third-order valence-electron chi connectivity index (χ3n) is 7.99. The van der Waals surface area contributed by atoms with Crippen LogP contribution in [-0.2, 0) is 14.3 Å². The average Bonchev–Trinajstić information content (AvgIpc) is 3.65. The zero-order valence-corrected chi connectivity index (χ0v) is 23.4. The Morgan fingerprint density at radius 1 is 1.18 bits per heavy atom. The molecule has 2 aromatic rings. The second-order valence-electron chi connectivity index (χ2n) is 11.9. The highest BCUT2D eigenvalue weighted by atomic mass is 19.1. The lowest BCUT2D eigenvalue weighted by atomic mass is 9.79. The number of likely N-dealkylation sites (tertiary alicyclic amines) is 1. The first-order valence-corrected chi connectivity index (χ1v) is 13.7. The number of halogens is 1. The van der Waals surface area contributed by atoms with Crippen molar-refractivity contribution in [2.45, 2.75) is 70.6 Å². The lowest BCUT2D eigenvalue weighted by molar-refractivity contribution is -0.00902. The zero-order valence-electron chi connectivity index (χ0n) is 23.4. The van der Waals surface area contributed by atoms with Gasteiger partial charge in [0.05, 0.1) is 30.5 Å². The summed E-state index contributed by atoms with van der Waals surface area (Å²) in [6, 6.07) is 3.27. The van der Waals surface area contributed by atoms with E-state index in [4.69, 9.17) is 4.74 Å². The summed E-state index contributed by atoms with van der Waals surface area (Å²) in [5.74, 6) is 4.89. The molecule has 1 amide bonds. The van der Waals surface area contributed by atoms with Gasteiger partial charge >= 0.3 is 6.09 Å². The molecule has 0 N–H and O–H groups in total. The predicted octanol–water partition coefficient (Wildman–Crippen LogP) is 3.70. The van der Waals surface area contributed by atoms with Crippen LogP contribution in [0.4, 0.5) is 9.18 Å². The minimum Gasteiger partial charge on any atom is -0.444 e. The maximum Gasteiger partial charge on any atom is 0.410 e.